The number of nitrogens with zero attached hydrogens (tertiary/aromatic N) is 1. The van der Waals surface area contributed by atoms with Gasteiger partial charge in [0.25, 0.3) is 5.91 Å². The van der Waals surface area contributed by atoms with Crippen molar-refractivity contribution in [2.45, 2.75) is 74.7 Å². The fraction of sp³-hybridized carbons (Fsp3) is 0.708. The highest BCUT2D eigenvalue weighted by Gasteiger charge is 2.70. The molecule has 6 aliphatic rings. The summed E-state index contributed by atoms with van der Waals surface area (Å²) in [5.41, 5.74) is -1.47. The van der Waals surface area contributed by atoms with Crippen LogP contribution in [0.15, 0.2) is 23.3 Å². The topological polar surface area (TPSA) is 108 Å². The van der Waals surface area contributed by atoms with Crippen molar-refractivity contribution in [2.75, 3.05) is 20.2 Å². The van der Waals surface area contributed by atoms with Gasteiger partial charge < -0.3 is 15.2 Å². The van der Waals surface area contributed by atoms with E-state index in [1.807, 2.05) is 12.2 Å². The van der Waals surface area contributed by atoms with Gasteiger partial charge in [-0.25, -0.2) is 4.79 Å². The van der Waals surface area contributed by atoms with E-state index >= 15 is 0 Å². The maximum absolute atomic E-state index is 13.9. The monoisotopic (exact) mass is 441 g/mol. The first-order valence-corrected chi connectivity index (χ1v) is 11.9. The molecule has 32 heavy (non-hydrogen) atoms. The number of allylic oxidation sites excluding steroid dienone is 1. The molecule has 4 fully saturated rings. The van der Waals surface area contributed by atoms with Gasteiger partial charge in [-0.05, 0) is 69.4 Å². The Morgan fingerprint density at radius 1 is 1.22 bits per heavy atom. The lowest BCUT2D eigenvalue weighted by molar-refractivity contribution is -0.173. The van der Waals surface area contributed by atoms with E-state index in [1.165, 1.54) is 12.8 Å². The molecule has 4 aliphatic carbocycles. The van der Waals surface area contributed by atoms with Crippen LogP contribution in [0.3, 0.4) is 0 Å². The summed E-state index contributed by atoms with van der Waals surface area (Å²) in [6, 6.07) is -1.08. The Balaban J connectivity index is 1.52. The highest BCUT2D eigenvalue weighted by atomic mass is 16.5. The van der Waals surface area contributed by atoms with Crippen molar-refractivity contribution in [3.8, 4) is 0 Å². The van der Waals surface area contributed by atoms with E-state index in [2.05, 4.69) is 15.5 Å². The van der Waals surface area contributed by atoms with Crippen LogP contribution in [0.1, 0.15) is 51.4 Å². The number of nitrogens with one attached hydrogen (secondary N) is 2. The van der Waals surface area contributed by atoms with Crippen molar-refractivity contribution >= 4 is 17.7 Å². The van der Waals surface area contributed by atoms with E-state index in [9.17, 15) is 19.5 Å². The number of ketones is 1. The third-order valence-electron chi connectivity index (χ3n) is 9.04. The number of imide groups is 1. The SMILES string of the molecule is COC1C=CC2=C(C1)C13CCCN(CC4CC4)C(C2=O)C1(O)CCC1(C3)NC(=O)NC1=O. The molecule has 5 atom stereocenters. The van der Waals surface area contributed by atoms with Gasteiger partial charge in [0.1, 0.15) is 11.6 Å². The third kappa shape index (κ3) is 2.63. The molecule has 6 rings (SSSR count). The number of carbonyl (C=O) groups excluding carboxylic acids is 3. The van der Waals surface area contributed by atoms with Gasteiger partial charge in [-0.15, -0.1) is 0 Å². The second-order valence-corrected chi connectivity index (χ2v) is 10.7. The van der Waals surface area contributed by atoms with E-state index in [0.717, 1.165) is 25.1 Å². The number of likely N-dealkylation sites (tertiary alicyclic amines) is 1. The minimum absolute atomic E-state index is 0.00216. The van der Waals surface area contributed by atoms with Gasteiger partial charge in [0.15, 0.2) is 5.78 Å². The van der Waals surface area contributed by atoms with Gasteiger partial charge in [-0.1, -0.05) is 12.2 Å². The van der Waals surface area contributed by atoms with Gasteiger partial charge in [0.05, 0.1) is 11.7 Å². The van der Waals surface area contributed by atoms with Crippen LogP contribution in [0.2, 0.25) is 0 Å². The maximum atomic E-state index is 13.9. The molecule has 3 amide bonds. The summed E-state index contributed by atoms with van der Waals surface area (Å²) in [7, 11) is 1.65. The lowest BCUT2D eigenvalue weighted by Gasteiger charge is -2.61. The van der Waals surface area contributed by atoms with Crippen molar-refractivity contribution in [1.29, 1.82) is 0 Å². The molecule has 0 aromatic carbocycles. The molecule has 0 aromatic rings. The number of aliphatic hydroxyl groups is 1. The Labute approximate surface area is 187 Å². The molecule has 3 N–H and O–H groups in total. The molecule has 172 valence electrons. The Morgan fingerprint density at radius 2 is 2.03 bits per heavy atom. The Hall–Kier alpha value is -2.03. The number of amides is 3. The highest BCUT2D eigenvalue weighted by molar-refractivity contribution is 6.08. The molecule has 2 bridgehead atoms. The fourth-order valence-corrected chi connectivity index (χ4v) is 7.35. The maximum Gasteiger partial charge on any atom is 0.322 e. The molecule has 2 saturated heterocycles. The summed E-state index contributed by atoms with van der Waals surface area (Å²) >= 11 is 0. The smallest absolute Gasteiger partial charge is 0.322 e. The highest BCUT2D eigenvalue weighted by Crippen LogP contribution is 2.63. The molecule has 5 unspecified atom stereocenters. The number of carbonyl (C=O) groups is 3. The third-order valence-corrected chi connectivity index (χ3v) is 9.04. The van der Waals surface area contributed by atoms with Crippen LogP contribution in [0, 0.1) is 11.3 Å². The zero-order valence-electron chi connectivity index (χ0n) is 18.5. The van der Waals surface area contributed by atoms with E-state index in [1.54, 1.807) is 7.11 Å². The van der Waals surface area contributed by atoms with Crippen LogP contribution < -0.4 is 10.6 Å². The predicted molar refractivity (Wildman–Crippen MR) is 115 cm³/mol. The quantitative estimate of drug-likeness (QED) is 0.568. The number of methoxy groups -OCH3 is 1. The zero-order valence-corrected chi connectivity index (χ0v) is 18.5. The molecule has 8 heteroatoms. The molecule has 0 radical (unpaired) electrons. The van der Waals surface area contributed by atoms with Crippen LogP contribution in [-0.4, -0.2) is 71.2 Å². The van der Waals surface area contributed by atoms with E-state index < -0.39 is 28.6 Å². The molecular weight excluding hydrogens is 410 g/mol. The molecule has 2 aliphatic heterocycles. The van der Waals surface area contributed by atoms with Crippen LogP contribution in [0.4, 0.5) is 4.79 Å². The molecule has 8 nitrogen and oxygen atoms in total. The predicted octanol–water partition coefficient (Wildman–Crippen LogP) is 1.19. The van der Waals surface area contributed by atoms with Crippen LogP contribution >= 0.6 is 0 Å². The molecular formula is C24H31N3O5. The van der Waals surface area contributed by atoms with Crippen LogP contribution in [0.5, 0.6) is 0 Å². The number of hydrogen-bond acceptors (Lipinski definition) is 6. The van der Waals surface area contributed by atoms with Crippen molar-refractivity contribution in [1.82, 2.24) is 15.5 Å². The van der Waals surface area contributed by atoms with Gasteiger partial charge in [-0.2, -0.15) is 0 Å². The lowest BCUT2D eigenvalue weighted by atomic mass is 9.47. The number of Topliss-reactive ketones (excluding diaryl/α,β-unsaturated/α-hetero) is 1. The second kappa shape index (κ2) is 6.74. The van der Waals surface area contributed by atoms with Crippen molar-refractivity contribution in [3.05, 3.63) is 23.3 Å². The average Bonchev–Trinajstić information content (AvgIpc) is 3.54. The summed E-state index contributed by atoms with van der Waals surface area (Å²) in [6.45, 7) is 1.60. The van der Waals surface area contributed by atoms with Crippen molar-refractivity contribution < 1.29 is 24.2 Å². The number of rotatable bonds is 3. The lowest BCUT2D eigenvalue weighted by Crippen LogP contribution is -2.72. The van der Waals surface area contributed by atoms with Crippen LogP contribution in [0.25, 0.3) is 0 Å². The molecule has 0 aromatic heterocycles. The zero-order chi connectivity index (χ0) is 22.3. The van der Waals surface area contributed by atoms with Gasteiger partial charge in [-0.3, -0.25) is 19.8 Å². The Bertz CT molecular complexity index is 971. The standard InChI is InChI=1S/C24H31N3O5/c1-32-15-5-6-16-17(11-15)22-7-2-10-27(12-14-3-4-14)19(18(16)28)24(22,31)9-8-23(13-22)20(29)25-21(30)26-23/h5-6,14-15,19,31H,2-4,7-13H2,1H3,(H2,25,26,29,30). The van der Waals surface area contributed by atoms with Gasteiger partial charge in [0.2, 0.25) is 0 Å². The largest absolute Gasteiger partial charge is 0.387 e. The first-order valence-electron chi connectivity index (χ1n) is 11.9. The van der Waals surface area contributed by atoms with Gasteiger partial charge in [0, 0.05) is 24.6 Å². The van der Waals surface area contributed by atoms with Crippen molar-refractivity contribution in [2.24, 2.45) is 11.3 Å². The summed E-state index contributed by atoms with van der Waals surface area (Å²) < 4.78 is 5.62. The molecule has 1 spiro atoms. The second-order valence-electron chi connectivity index (χ2n) is 10.7. The van der Waals surface area contributed by atoms with E-state index in [4.69, 9.17) is 4.74 Å². The number of urea groups is 1. The van der Waals surface area contributed by atoms with Gasteiger partial charge >= 0.3 is 6.03 Å². The fourth-order valence-electron chi connectivity index (χ4n) is 7.35. The molecule has 2 heterocycles. The number of hydrogen-bond donors (Lipinski definition) is 3. The van der Waals surface area contributed by atoms with Crippen LogP contribution in [-0.2, 0) is 14.3 Å². The summed E-state index contributed by atoms with van der Waals surface area (Å²) in [4.78, 5) is 41.2. The summed E-state index contributed by atoms with van der Waals surface area (Å²) in [5, 5.41) is 17.8. The Morgan fingerprint density at radius 3 is 2.72 bits per heavy atom. The normalized spacial score (nSPS) is 43.6. The first-order chi connectivity index (χ1) is 15.3. The first kappa shape index (κ1) is 20.6. The van der Waals surface area contributed by atoms with E-state index in [0.29, 0.717) is 43.6 Å². The summed E-state index contributed by atoms with van der Waals surface area (Å²) in [5.74, 6) is 0.287. The molecule has 2 saturated carbocycles. The summed E-state index contributed by atoms with van der Waals surface area (Å²) in [6.07, 6.45) is 8.98. The minimum atomic E-state index is -1.27. The average molecular weight is 442 g/mol. The van der Waals surface area contributed by atoms with E-state index in [-0.39, 0.29) is 17.8 Å². The van der Waals surface area contributed by atoms with Crippen molar-refractivity contribution in [3.63, 3.8) is 0 Å². The number of ether oxygens (including phenoxy) is 1. The Kier molecular flexibility index (Phi) is 4.33. The minimum Gasteiger partial charge on any atom is -0.387 e.